The van der Waals surface area contributed by atoms with E-state index in [1.165, 1.54) is 6.08 Å². The van der Waals surface area contributed by atoms with Crippen LogP contribution in [0.4, 0.5) is 11.4 Å². The average molecular weight is 805 g/mol. The van der Waals surface area contributed by atoms with Crippen molar-refractivity contribution < 1.29 is 42.2 Å². The van der Waals surface area contributed by atoms with E-state index in [0.717, 1.165) is 16.8 Å². The van der Waals surface area contributed by atoms with Crippen molar-refractivity contribution in [2.45, 2.75) is 90.5 Å². The van der Waals surface area contributed by atoms with Gasteiger partial charge in [-0.05, 0) is 75.3 Å². The molecule has 2 unspecified atom stereocenters. The molecular formula is C41H48N4O11S. The van der Waals surface area contributed by atoms with Gasteiger partial charge in [0.2, 0.25) is 22.8 Å². The topological polar surface area (TPSA) is 203 Å². The number of allylic oxidation sites excluding steroid dienone is 10. The molecule has 0 saturated heterocycles. The molecule has 0 saturated carbocycles. The largest absolute Gasteiger partial charge is 0.480 e. The van der Waals surface area contributed by atoms with Crippen molar-refractivity contribution in [2.24, 2.45) is 0 Å². The van der Waals surface area contributed by atoms with E-state index in [0.29, 0.717) is 47.6 Å². The van der Waals surface area contributed by atoms with Crippen molar-refractivity contribution in [3.63, 3.8) is 0 Å². The van der Waals surface area contributed by atoms with Crippen molar-refractivity contribution in [1.29, 1.82) is 0 Å². The Morgan fingerprint density at radius 1 is 0.737 bits per heavy atom. The number of benzene rings is 2. The molecule has 6 aliphatic rings. The van der Waals surface area contributed by atoms with E-state index in [1.807, 2.05) is 76.2 Å². The van der Waals surface area contributed by atoms with Crippen LogP contribution >= 0.6 is 0 Å². The van der Waals surface area contributed by atoms with Crippen molar-refractivity contribution in [3.05, 3.63) is 150 Å². The Hall–Kier alpha value is -5.74. The number of nitro groups is 2. The second kappa shape index (κ2) is 14.6. The maximum absolute atomic E-state index is 11.8. The van der Waals surface area contributed by atoms with Gasteiger partial charge >= 0.3 is 5.97 Å². The average Bonchev–Trinajstić information content (AvgIpc) is 3.41. The van der Waals surface area contributed by atoms with Gasteiger partial charge in [0.05, 0.1) is 20.7 Å². The Kier molecular flexibility index (Phi) is 10.9. The lowest BCUT2D eigenvalue weighted by atomic mass is 9.76. The third kappa shape index (κ3) is 6.79. The molecule has 0 fully saturated rings. The highest BCUT2D eigenvalue weighted by molar-refractivity contribution is 7.85. The maximum Gasteiger partial charge on any atom is 0.323 e. The van der Waals surface area contributed by atoms with Gasteiger partial charge in [0.1, 0.15) is 23.9 Å². The molecule has 2 aromatic carbocycles. The van der Waals surface area contributed by atoms with Crippen LogP contribution in [-0.4, -0.2) is 57.8 Å². The van der Waals surface area contributed by atoms with E-state index in [4.69, 9.17) is 9.47 Å². The van der Waals surface area contributed by atoms with Gasteiger partial charge in [-0.2, -0.15) is 8.42 Å². The Balaban J connectivity index is 0.000000210. The van der Waals surface area contributed by atoms with E-state index in [-0.39, 0.29) is 44.1 Å². The number of rotatable bonds is 6. The van der Waals surface area contributed by atoms with E-state index in [1.54, 1.807) is 40.2 Å². The molecule has 304 valence electrons. The fourth-order valence-corrected chi connectivity index (χ4v) is 9.25. The number of ether oxygens (including phenoxy) is 2. The summed E-state index contributed by atoms with van der Waals surface area (Å²) in [5, 5.41) is 31.7. The van der Waals surface area contributed by atoms with Crippen molar-refractivity contribution >= 4 is 27.5 Å². The van der Waals surface area contributed by atoms with Gasteiger partial charge in [-0.1, -0.05) is 51.3 Å². The van der Waals surface area contributed by atoms with E-state index >= 15 is 0 Å². The van der Waals surface area contributed by atoms with Gasteiger partial charge in [0.15, 0.2) is 0 Å². The third-order valence-corrected chi connectivity index (χ3v) is 12.0. The molecule has 8 rings (SSSR count). The summed E-state index contributed by atoms with van der Waals surface area (Å²) in [4.78, 5) is 36.3. The molecule has 2 atom stereocenters. The van der Waals surface area contributed by atoms with Gasteiger partial charge in [0.25, 0.3) is 10.1 Å². The quantitative estimate of drug-likeness (QED) is 0.163. The molecule has 15 nitrogen and oxygen atoms in total. The lowest BCUT2D eigenvalue weighted by molar-refractivity contribution is -0.428. The predicted molar refractivity (Wildman–Crippen MR) is 215 cm³/mol. The number of carboxylic acids is 1. The van der Waals surface area contributed by atoms with Crippen LogP contribution in [0.1, 0.15) is 79.4 Å². The lowest BCUT2D eigenvalue weighted by Gasteiger charge is -2.47. The first-order chi connectivity index (χ1) is 25.8. The lowest BCUT2D eigenvalue weighted by Crippen LogP contribution is -2.58. The van der Waals surface area contributed by atoms with Gasteiger partial charge in [0, 0.05) is 60.4 Å². The van der Waals surface area contributed by atoms with E-state index in [9.17, 15) is 43.1 Å². The Morgan fingerprint density at radius 3 is 1.54 bits per heavy atom. The number of hydrogen-bond acceptors (Lipinski definition) is 11. The molecule has 2 aliphatic carbocycles. The summed E-state index contributed by atoms with van der Waals surface area (Å²) < 4.78 is 46.0. The first kappa shape index (κ1) is 42.4. The summed E-state index contributed by atoms with van der Waals surface area (Å²) in [6.07, 6.45) is 11.5. The van der Waals surface area contributed by atoms with Crippen LogP contribution in [0.2, 0.25) is 0 Å². The predicted octanol–water partition coefficient (Wildman–Crippen LogP) is 7.75. The normalized spacial score (nSPS) is 24.2. The summed E-state index contributed by atoms with van der Waals surface area (Å²) in [6.45, 7) is 7.76. The molecule has 2 spiro atoms. The van der Waals surface area contributed by atoms with Crippen LogP contribution in [0.3, 0.4) is 0 Å². The van der Waals surface area contributed by atoms with Crippen molar-refractivity contribution in [1.82, 2.24) is 0 Å². The number of para-hydroxylation sites is 2. The van der Waals surface area contributed by atoms with E-state index < -0.39 is 49.2 Å². The zero-order valence-corrected chi connectivity index (χ0v) is 31.4. The van der Waals surface area contributed by atoms with Crippen molar-refractivity contribution in [2.75, 3.05) is 22.2 Å². The van der Waals surface area contributed by atoms with Crippen LogP contribution in [0.25, 0.3) is 0 Å². The Bertz CT molecular complexity index is 2340. The van der Waals surface area contributed by atoms with Crippen LogP contribution in [0.5, 0.6) is 0 Å². The van der Waals surface area contributed by atoms with Gasteiger partial charge in [-0.25, -0.2) is 0 Å². The monoisotopic (exact) mass is 804 g/mol. The summed E-state index contributed by atoms with van der Waals surface area (Å²) >= 11 is 0. The number of carboxylic acid groups (broad SMARTS) is 1. The van der Waals surface area contributed by atoms with Crippen molar-refractivity contribution in [3.8, 4) is 0 Å². The standard InChI is InChI=1S/C20H20N2O5.C19H20N2O6S.2CH4/c1-19(2)15-5-3-4-6-16(15)21(12-18(23)24)20(19)10-9-13-11-14(22(25)26)7-8-17(13)27-20;1-18(2)15-5-3-4-6-16(15)20(12-28(24,25)26)19(18)10-9-13-11-14(21(22)23)7-8-17(13)27-19;;/h3-6,9-11H,7-8,12H2,1-2H3,(H,23,24);3-6,9-11H,7-8,12H2,1-2H3,(H,24,25,26);2*1H4. The molecule has 4 aliphatic heterocycles. The molecule has 0 radical (unpaired) electrons. The number of carbonyl (C=O) groups is 1. The molecule has 57 heavy (non-hydrogen) atoms. The molecule has 0 amide bonds. The highest BCUT2D eigenvalue weighted by atomic mass is 32.2. The first-order valence-electron chi connectivity index (χ1n) is 17.7. The number of nitrogens with zero attached hydrogens (tertiary/aromatic N) is 4. The molecule has 2 N–H and O–H groups in total. The van der Waals surface area contributed by atoms with Crippen LogP contribution in [0.15, 0.2) is 119 Å². The minimum Gasteiger partial charge on any atom is -0.480 e. The molecule has 0 aromatic heterocycles. The van der Waals surface area contributed by atoms with Gasteiger partial charge in [-0.15, -0.1) is 0 Å². The third-order valence-electron chi connectivity index (χ3n) is 11.4. The van der Waals surface area contributed by atoms with Crippen LogP contribution in [0, 0.1) is 20.2 Å². The Morgan fingerprint density at radius 2 is 1.14 bits per heavy atom. The molecule has 2 aromatic rings. The van der Waals surface area contributed by atoms with Gasteiger partial charge < -0.3 is 24.4 Å². The Labute approximate surface area is 332 Å². The smallest absolute Gasteiger partial charge is 0.323 e. The fourth-order valence-electron chi connectivity index (χ4n) is 8.60. The highest BCUT2D eigenvalue weighted by Crippen LogP contribution is 2.57. The SMILES string of the molecule is C.C.CC1(C)c2ccccc2N(CC(=O)O)C12C=CC1=C(CCC([N+](=O)[O-])=C1)O2.CC1(C)c2ccccc2N(CS(=O)(=O)O)C12C=CC1=C(CCC([N+](=O)[O-])=C1)O2. The maximum atomic E-state index is 11.8. The number of fused-ring (bicyclic) bond motifs is 2. The minimum absolute atomic E-state index is 0. The molecular weight excluding hydrogens is 757 g/mol. The fraction of sp³-hybridized carbons (Fsp3) is 0.390. The molecule has 16 heteroatoms. The van der Waals surface area contributed by atoms with Crippen LogP contribution < -0.4 is 9.80 Å². The second-order valence-corrected chi connectivity index (χ2v) is 16.6. The number of aliphatic carboxylic acids is 1. The summed E-state index contributed by atoms with van der Waals surface area (Å²) in [7, 11) is -4.33. The zero-order chi connectivity index (χ0) is 39.7. The number of anilines is 2. The highest BCUT2D eigenvalue weighted by Gasteiger charge is 2.61. The summed E-state index contributed by atoms with van der Waals surface area (Å²) in [5.41, 5.74) is 1.65. The second-order valence-electron chi connectivity index (χ2n) is 15.2. The van der Waals surface area contributed by atoms with Crippen LogP contribution in [-0.2, 0) is 35.2 Å². The minimum atomic E-state index is -4.33. The van der Waals surface area contributed by atoms with Gasteiger partial charge in [-0.3, -0.25) is 29.6 Å². The first-order valence-corrected chi connectivity index (χ1v) is 19.3. The molecule has 0 bridgehead atoms. The molecule has 4 heterocycles. The summed E-state index contributed by atoms with van der Waals surface area (Å²) in [6, 6.07) is 15.1. The zero-order valence-electron chi connectivity index (χ0n) is 30.6. The van der Waals surface area contributed by atoms with E-state index in [2.05, 4.69) is 0 Å². The summed E-state index contributed by atoms with van der Waals surface area (Å²) in [5.74, 6) is -0.331. The number of hydrogen-bond donors (Lipinski definition) is 2.